The molecule has 1 aliphatic heterocycles. The van der Waals surface area contributed by atoms with Gasteiger partial charge < -0.3 is 5.73 Å². The zero-order chi connectivity index (χ0) is 13.0. The van der Waals surface area contributed by atoms with E-state index in [0.29, 0.717) is 11.1 Å². The lowest BCUT2D eigenvalue weighted by Crippen LogP contribution is -2.56. The second-order valence-electron chi connectivity index (χ2n) is 5.49. The smallest absolute Gasteiger partial charge is 0.240 e. The standard InChI is InChI=1S/C10H20N.C3H5NO/c1-9(2)7-6-8-10(3,4)11(9)5;1-2-3(4)5/h6H,7-8H2,1-5H3;2H,1H2,(H2,4,5). The lowest BCUT2D eigenvalue weighted by atomic mass is 9.80. The van der Waals surface area contributed by atoms with E-state index >= 15 is 0 Å². The Labute approximate surface area is 99.7 Å². The van der Waals surface area contributed by atoms with Gasteiger partial charge in [0.05, 0.1) is 0 Å². The van der Waals surface area contributed by atoms with Gasteiger partial charge in [0, 0.05) is 11.1 Å². The van der Waals surface area contributed by atoms with Crippen molar-refractivity contribution in [1.82, 2.24) is 4.90 Å². The number of primary amides is 1. The molecule has 0 atom stereocenters. The van der Waals surface area contributed by atoms with Gasteiger partial charge in [-0.25, -0.2) is 0 Å². The molecule has 1 amide bonds. The van der Waals surface area contributed by atoms with Gasteiger partial charge in [0.25, 0.3) is 0 Å². The maximum absolute atomic E-state index is 9.47. The number of carbonyl (C=O) groups excluding carboxylic acids is 1. The van der Waals surface area contributed by atoms with Crippen molar-refractivity contribution in [1.29, 1.82) is 0 Å². The average Bonchev–Trinajstić information content (AvgIpc) is 2.15. The Bertz CT molecular complexity index is 241. The third kappa shape index (κ3) is 4.35. The SMILES string of the molecule is C=CC(N)=O.CN1C(C)(C)C[CH]CC1(C)C. The van der Waals surface area contributed by atoms with E-state index < -0.39 is 5.91 Å². The summed E-state index contributed by atoms with van der Waals surface area (Å²) in [5.74, 6) is -0.481. The molecule has 1 fully saturated rings. The van der Waals surface area contributed by atoms with Crippen LogP contribution in [0.1, 0.15) is 40.5 Å². The lowest BCUT2D eigenvalue weighted by Gasteiger charge is -2.50. The van der Waals surface area contributed by atoms with E-state index in [2.05, 4.69) is 58.4 Å². The van der Waals surface area contributed by atoms with E-state index in [1.165, 1.54) is 12.8 Å². The van der Waals surface area contributed by atoms with Gasteiger partial charge in [0.2, 0.25) is 5.91 Å². The first-order valence-corrected chi connectivity index (χ1v) is 5.61. The molecule has 0 unspecified atom stereocenters. The van der Waals surface area contributed by atoms with Crippen molar-refractivity contribution in [3.05, 3.63) is 19.1 Å². The Morgan fingerprint density at radius 3 is 1.81 bits per heavy atom. The summed E-state index contributed by atoms with van der Waals surface area (Å²) in [6.45, 7) is 12.3. The van der Waals surface area contributed by atoms with Gasteiger partial charge >= 0.3 is 0 Å². The van der Waals surface area contributed by atoms with Gasteiger partial charge in [-0.2, -0.15) is 0 Å². The fraction of sp³-hybridized carbons (Fsp3) is 0.692. The minimum absolute atomic E-state index is 0.349. The number of hydrogen-bond acceptors (Lipinski definition) is 2. The van der Waals surface area contributed by atoms with Gasteiger partial charge in [0.15, 0.2) is 0 Å². The highest BCUT2D eigenvalue weighted by Crippen LogP contribution is 2.35. The fourth-order valence-corrected chi connectivity index (χ4v) is 1.87. The molecule has 1 radical (unpaired) electrons. The van der Waals surface area contributed by atoms with Crippen molar-refractivity contribution in [2.75, 3.05) is 7.05 Å². The second kappa shape index (κ2) is 5.48. The maximum atomic E-state index is 9.47. The summed E-state index contributed by atoms with van der Waals surface area (Å²) in [6, 6.07) is 0. The topological polar surface area (TPSA) is 46.3 Å². The van der Waals surface area contributed by atoms with E-state index in [1.807, 2.05) is 0 Å². The summed E-state index contributed by atoms with van der Waals surface area (Å²) >= 11 is 0. The molecule has 0 spiro atoms. The predicted molar refractivity (Wildman–Crippen MR) is 68.8 cm³/mol. The summed E-state index contributed by atoms with van der Waals surface area (Å²) < 4.78 is 0. The third-order valence-electron chi connectivity index (χ3n) is 3.30. The molecule has 16 heavy (non-hydrogen) atoms. The van der Waals surface area contributed by atoms with Crippen LogP contribution >= 0.6 is 0 Å². The van der Waals surface area contributed by atoms with Gasteiger partial charge in [-0.05, 0) is 60.1 Å². The van der Waals surface area contributed by atoms with E-state index in [-0.39, 0.29) is 0 Å². The van der Waals surface area contributed by atoms with E-state index in [1.54, 1.807) is 0 Å². The molecule has 93 valence electrons. The molecule has 0 aromatic heterocycles. The molecule has 3 nitrogen and oxygen atoms in total. The van der Waals surface area contributed by atoms with Crippen LogP contribution in [-0.4, -0.2) is 28.9 Å². The van der Waals surface area contributed by atoms with Crippen molar-refractivity contribution >= 4 is 5.91 Å². The number of rotatable bonds is 1. The monoisotopic (exact) mass is 225 g/mol. The van der Waals surface area contributed by atoms with Gasteiger partial charge in [-0.3, -0.25) is 9.69 Å². The van der Waals surface area contributed by atoms with Crippen molar-refractivity contribution < 1.29 is 4.79 Å². The number of hydrogen-bond donors (Lipinski definition) is 1. The van der Waals surface area contributed by atoms with E-state index in [9.17, 15) is 4.79 Å². The first-order valence-electron chi connectivity index (χ1n) is 5.61. The lowest BCUT2D eigenvalue weighted by molar-refractivity contribution is -0.113. The third-order valence-corrected chi connectivity index (χ3v) is 3.30. The number of piperidine rings is 1. The molecular formula is C13H25N2O. The Hall–Kier alpha value is -0.830. The molecule has 1 saturated heterocycles. The Balaban J connectivity index is 0.000000385. The first kappa shape index (κ1) is 15.2. The van der Waals surface area contributed by atoms with Crippen LogP contribution in [0.25, 0.3) is 0 Å². The Morgan fingerprint density at radius 2 is 1.62 bits per heavy atom. The predicted octanol–water partition coefficient (Wildman–Crippen LogP) is 2.13. The number of likely N-dealkylation sites (tertiary alicyclic amines) is 1. The van der Waals surface area contributed by atoms with Crippen LogP contribution in [0.4, 0.5) is 0 Å². The molecule has 0 aliphatic carbocycles. The van der Waals surface area contributed by atoms with E-state index in [0.717, 1.165) is 6.08 Å². The zero-order valence-corrected chi connectivity index (χ0v) is 11.2. The summed E-state index contributed by atoms with van der Waals surface area (Å²) in [6.07, 6.45) is 5.90. The minimum atomic E-state index is -0.481. The van der Waals surface area contributed by atoms with Crippen LogP contribution in [0, 0.1) is 6.42 Å². The summed E-state index contributed by atoms with van der Waals surface area (Å²) in [4.78, 5) is 12.0. The molecule has 3 heteroatoms. The molecule has 0 aromatic carbocycles. The second-order valence-corrected chi connectivity index (χ2v) is 5.49. The molecule has 0 aromatic rings. The van der Waals surface area contributed by atoms with Crippen LogP contribution in [0.15, 0.2) is 12.7 Å². The Kier molecular flexibility index (Phi) is 5.20. The largest absolute Gasteiger partial charge is 0.366 e. The van der Waals surface area contributed by atoms with Crippen LogP contribution in [0.5, 0.6) is 0 Å². The molecule has 1 heterocycles. The molecule has 0 bridgehead atoms. The number of nitrogens with zero attached hydrogens (tertiary/aromatic N) is 1. The Morgan fingerprint density at radius 1 is 1.31 bits per heavy atom. The number of amides is 1. The first-order chi connectivity index (χ1) is 7.13. The summed E-state index contributed by atoms with van der Waals surface area (Å²) in [5.41, 5.74) is 5.23. The highest BCUT2D eigenvalue weighted by molar-refractivity contribution is 5.84. The summed E-state index contributed by atoms with van der Waals surface area (Å²) in [7, 11) is 2.23. The van der Waals surface area contributed by atoms with Crippen molar-refractivity contribution in [2.45, 2.75) is 51.6 Å². The van der Waals surface area contributed by atoms with Crippen molar-refractivity contribution in [3.63, 3.8) is 0 Å². The van der Waals surface area contributed by atoms with Crippen molar-refractivity contribution in [3.8, 4) is 0 Å². The van der Waals surface area contributed by atoms with Gasteiger partial charge in [-0.1, -0.05) is 6.58 Å². The molecular weight excluding hydrogens is 200 g/mol. The molecule has 1 rings (SSSR count). The fourth-order valence-electron chi connectivity index (χ4n) is 1.87. The quantitative estimate of drug-likeness (QED) is 0.695. The van der Waals surface area contributed by atoms with Crippen LogP contribution in [0.2, 0.25) is 0 Å². The van der Waals surface area contributed by atoms with Gasteiger partial charge in [0.1, 0.15) is 0 Å². The summed E-state index contributed by atoms with van der Waals surface area (Å²) in [5, 5.41) is 0. The maximum Gasteiger partial charge on any atom is 0.240 e. The van der Waals surface area contributed by atoms with Crippen LogP contribution < -0.4 is 5.73 Å². The van der Waals surface area contributed by atoms with Gasteiger partial charge in [-0.15, -0.1) is 0 Å². The van der Waals surface area contributed by atoms with Crippen LogP contribution in [-0.2, 0) is 4.79 Å². The molecule has 2 N–H and O–H groups in total. The number of nitrogens with two attached hydrogens (primary N) is 1. The van der Waals surface area contributed by atoms with Crippen LogP contribution in [0.3, 0.4) is 0 Å². The average molecular weight is 225 g/mol. The highest BCUT2D eigenvalue weighted by atomic mass is 16.1. The minimum Gasteiger partial charge on any atom is -0.366 e. The van der Waals surface area contributed by atoms with Crippen molar-refractivity contribution in [2.24, 2.45) is 5.73 Å². The molecule has 1 aliphatic rings. The normalized spacial score (nSPS) is 22.8. The molecule has 0 saturated carbocycles. The van der Waals surface area contributed by atoms with E-state index in [4.69, 9.17) is 0 Å². The highest BCUT2D eigenvalue weighted by Gasteiger charge is 2.38. The zero-order valence-electron chi connectivity index (χ0n) is 11.2. The number of carbonyl (C=O) groups is 1.